The summed E-state index contributed by atoms with van der Waals surface area (Å²) in [5.74, 6) is -0.331. The standard InChI is InChI=1S/C24H25FN6O2/c1-13(2)20-12-17(14-6-5-7-16(32)10-14)21-22(26)28-24(29-31(20)21)27-19-9-8-15(11-18(19)25)23(33)30(3)4/h5-13,32H,1-4H3,(H3,26,27,28,29). The molecule has 0 aliphatic heterocycles. The second-order valence-corrected chi connectivity index (χ2v) is 8.29. The number of amides is 1. The number of nitrogen functional groups attached to an aromatic ring is 1. The molecule has 0 spiro atoms. The Morgan fingerprint density at radius 3 is 2.58 bits per heavy atom. The molecule has 0 saturated heterocycles. The van der Waals surface area contributed by atoms with E-state index in [-0.39, 0.29) is 40.6 Å². The van der Waals surface area contributed by atoms with E-state index in [1.54, 1.807) is 36.8 Å². The highest BCUT2D eigenvalue weighted by Gasteiger charge is 2.20. The summed E-state index contributed by atoms with van der Waals surface area (Å²) < 4.78 is 16.4. The highest BCUT2D eigenvalue weighted by atomic mass is 19.1. The quantitative estimate of drug-likeness (QED) is 0.418. The molecule has 4 aromatic rings. The van der Waals surface area contributed by atoms with Crippen LogP contribution in [0.15, 0.2) is 48.5 Å². The predicted octanol–water partition coefficient (Wildman–Crippen LogP) is 4.39. The monoisotopic (exact) mass is 448 g/mol. The van der Waals surface area contributed by atoms with Gasteiger partial charge in [-0.2, -0.15) is 4.98 Å². The van der Waals surface area contributed by atoms with Gasteiger partial charge < -0.3 is 21.1 Å². The summed E-state index contributed by atoms with van der Waals surface area (Å²) in [5, 5.41) is 17.3. The zero-order valence-electron chi connectivity index (χ0n) is 18.8. The van der Waals surface area contributed by atoms with Gasteiger partial charge in [0.25, 0.3) is 5.91 Å². The van der Waals surface area contributed by atoms with Crippen molar-refractivity contribution in [3.63, 3.8) is 0 Å². The number of fused-ring (bicyclic) bond motifs is 1. The Balaban J connectivity index is 1.78. The van der Waals surface area contributed by atoms with Crippen molar-refractivity contribution >= 4 is 28.9 Å². The fourth-order valence-electron chi connectivity index (χ4n) is 3.64. The fourth-order valence-corrected chi connectivity index (χ4v) is 3.64. The van der Waals surface area contributed by atoms with Gasteiger partial charge in [0.1, 0.15) is 17.1 Å². The first-order valence-corrected chi connectivity index (χ1v) is 10.4. The molecular weight excluding hydrogens is 423 g/mol. The topological polar surface area (TPSA) is 109 Å². The zero-order valence-corrected chi connectivity index (χ0v) is 18.8. The molecule has 9 heteroatoms. The molecule has 8 nitrogen and oxygen atoms in total. The number of hydrogen-bond acceptors (Lipinski definition) is 6. The van der Waals surface area contributed by atoms with Gasteiger partial charge in [-0.15, -0.1) is 5.10 Å². The number of phenolic OH excluding ortho intramolecular Hbond substituents is 1. The van der Waals surface area contributed by atoms with Crippen molar-refractivity contribution in [3.05, 3.63) is 65.6 Å². The van der Waals surface area contributed by atoms with Crippen molar-refractivity contribution in [1.29, 1.82) is 0 Å². The summed E-state index contributed by atoms with van der Waals surface area (Å²) in [4.78, 5) is 17.8. The lowest BCUT2D eigenvalue weighted by atomic mass is 10.0. The average molecular weight is 449 g/mol. The highest BCUT2D eigenvalue weighted by Crippen LogP contribution is 2.35. The Bertz CT molecular complexity index is 1360. The molecule has 33 heavy (non-hydrogen) atoms. The average Bonchev–Trinajstić information content (AvgIpc) is 3.15. The molecule has 1 amide bonds. The maximum atomic E-state index is 14.7. The number of phenols is 1. The van der Waals surface area contributed by atoms with E-state index in [9.17, 15) is 14.3 Å². The molecule has 0 saturated carbocycles. The van der Waals surface area contributed by atoms with E-state index in [0.717, 1.165) is 16.8 Å². The van der Waals surface area contributed by atoms with Crippen LogP contribution in [0.1, 0.15) is 35.8 Å². The second kappa shape index (κ2) is 8.42. The molecule has 0 radical (unpaired) electrons. The van der Waals surface area contributed by atoms with Gasteiger partial charge in [0.05, 0.1) is 5.69 Å². The first-order chi connectivity index (χ1) is 15.7. The van der Waals surface area contributed by atoms with E-state index >= 15 is 0 Å². The molecule has 2 heterocycles. The number of benzene rings is 2. The van der Waals surface area contributed by atoms with Crippen molar-refractivity contribution in [2.24, 2.45) is 0 Å². The van der Waals surface area contributed by atoms with Crippen molar-refractivity contribution < 1.29 is 14.3 Å². The number of aromatic hydroxyl groups is 1. The molecular formula is C24H25FN6O2. The number of halogens is 1. The summed E-state index contributed by atoms with van der Waals surface area (Å²) in [5.41, 5.74) is 9.73. The van der Waals surface area contributed by atoms with Crippen LogP contribution in [0, 0.1) is 5.82 Å². The third kappa shape index (κ3) is 4.17. The van der Waals surface area contributed by atoms with E-state index in [4.69, 9.17) is 5.73 Å². The first kappa shape index (κ1) is 22.1. The van der Waals surface area contributed by atoms with Crippen LogP contribution in [0.25, 0.3) is 16.6 Å². The van der Waals surface area contributed by atoms with E-state index in [1.807, 2.05) is 26.0 Å². The molecule has 0 bridgehead atoms. The van der Waals surface area contributed by atoms with Crippen molar-refractivity contribution in [2.45, 2.75) is 19.8 Å². The number of rotatable bonds is 5. The summed E-state index contributed by atoms with van der Waals surface area (Å²) in [6.45, 7) is 4.05. The van der Waals surface area contributed by atoms with E-state index in [0.29, 0.717) is 5.52 Å². The molecule has 2 aromatic heterocycles. The lowest BCUT2D eigenvalue weighted by Gasteiger charge is -2.13. The molecule has 2 aromatic carbocycles. The number of nitrogens with two attached hydrogens (primary N) is 1. The fraction of sp³-hybridized carbons (Fsp3) is 0.208. The molecule has 4 rings (SSSR count). The van der Waals surface area contributed by atoms with Gasteiger partial charge in [-0.25, -0.2) is 8.91 Å². The largest absolute Gasteiger partial charge is 0.508 e. The van der Waals surface area contributed by atoms with Crippen LogP contribution in [0.5, 0.6) is 5.75 Å². The minimum Gasteiger partial charge on any atom is -0.508 e. The van der Waals surface area contributed by atoms with Crippen molar-refractivity contribution in [2.75, 3.05) is 25.1 Å². The van der Waals surface area contributed by atoms with Gasteiger partial charge in [-0.1, -0.05) is 26.0 Å². The van der Waals surface area contributed by atoms with E-state index in [1.165, 1.54) is 23.1 Å². The maximum absolute atomic E-state index is 14.7. The Morgan fingerprint density at radius 2 is 1.94 bits per heavy atom. The van der Waals surface area contributed by atoms with Crippen LogP contribution in [0.2, 0.25) is 0 Å². The normalized spacial score (nSPS) is 11.2. The Hall–Kier alpha value is -4.14. The number of nitrogens with zero attached hydrogens (tertiary/aromatic N) is 4. The lowest BCUT2D eigenvalue weighted by Crippen LogP contribution is -2.21. The second-order valence-electron chi connectivity index (χ2n) is 8.29. The Morgan fingerprint density at radius 1 is 1.18 bits per heavy atom. The van der Waals surface area contributed by atoms with Crippen LogP contribution in [-0.4, -0.2) is 44.6 Å². The SMILES string of the molecule is CC(C)c1cc(-c2cccc(O)c2)c2c(N)nc(Nc3ccc(C(=O)N(C)C)cc3F)nn12. The molecule has 0 atom stereocenters. The molecule has 0 aliphatic carbocycles. The molecule has 0 aliphatic rings. The first-order valence-electron chi connectivity index (χ1n) is 10.4. The Kier molecular flexibility index (Phi) is 5.63. The summed E-state index contributed by atoms with van der Waals surface area (Å²) >= 11 is 0. The van der Waals surface area contributed by atoms with E-state index < -0.39 is 5.82 Å². The van der Waals surface area contributed by atoms with Crippen molar-refractivity contribution in [1.82, 2.24) is 19.5 Å². The van der Waals surface area contributed by atoms with Crippen LogP contribution < -0.4 is 11.1 Å². The predicted molar refractivity (Wildman–Crippen MR) is 126 cm³/mol. The lowest BCUT2D eigenvalue weighted by molar-refractivity contribution is 0.0827. The van der Waals surface area contributed by atoms with Crippen LogP contribution in [0.3, 0.4) is 0 Å². The Labute approximate surface area is 190 Å². The van der Waals surface area contributed by atoms with Gasteiger partial charge in [-0.05, 0) is 47.9 Å². The zero-order chi connectivity index (χ0) is 23.9. The number of aromatic nitrogens is 3. The van der Waals surface area contributed by atoms with Gasteiger partial charge in [0.2, 0.25) is 5.95 Å². The summed E-state index contributed by atoms with van der Waals surface area (Å²) in [7, 11) is 3.21. The molecule has 0 fully saturated rings. The highest BCUT2D eigenvalue weighted by molar-refractivity contribution is 5.94. The van der Waals surface area contributed by atoms with Gasteiger partial charge in [0.15, 0.2) is 5.82 Å². The minimum absolute atomic E-state index is 0.110. The molecule has 0 unspecified atom stereocenters. The van der Waals surface area contributed by atoms with Gasteiger partial charge in [-0.3, -0.25) is 4.79 Å². The number of carbonyl (C=O) groups is 1. The van der Waals surface area contributed by atoms with Crippen LogP contribution >= 0.6 is 0 Å². The number of anilines is 3. The third-order valence-electron chi connectivity index (χ3n) is 5.28. The number of hydrogen-bond donors (Lipinski definition) is 3. The summed E-state index contributed by atoms with van der Waals surface area (Å²) in [6, 6.07) is 13.0. The van der Waals surface area contributed by atoms with Crippen LogP contribution in [0.4, 0.5) is 21.8 Å². The van der Waals surface area contributed by atoms with Crippen molar-refractivity contribution in [3.8, 4) is 16.9 Å². The smallest absolute Gasteiger partial charge is 0.253 e. The molecule has 170 valence electrons. The minimum atomic E-state index is -0.609. The maximum Gasteiger partial charge on any atom is 0.253 e. The molecule has 4 N–H and O–H groups in total. The van der Waals surface area contributed by atoms with Gasteiger partial charge in [0, 0.05) is 30.9 Å². The van der Waals surface area contributed by atoms with Gasteiger partial charge >= 0.3 is 0 Å². The number of carbonyl (C=O) groups excluding carboxylic acids is 1. The summed E-state index contributed by atoms with van der Waals surface area (Å²) in [6.07, 6.45) is 0. The van der Waals surface area contributed by atoms with Crippen LogP contribution in [-0.2, 0) is 0 Å². The number of nitrogens with one attached hydrogen (secondary N) is 1. The third-order valence-corrected chi connectivity index (χ3v) is 5.28. The van der Waals surface area contributed by atoms with E-state index in [2.05, 4.69) is 15.4 Å².